The molecule has 0 saturated carbocycles. The Balaban J connectivity index is 1.99. The lowest BCUT2D eigenvalue weighted by Gasteiger charge is -2.06. The molecule has 3 nitrogen and oxygen atoms in total. The number of oxime groups is 1. The quantitative estimate of drug-likeness (QED) is 0.594. The fourth-order valence-electron chi connectivity index (χ4n) is 1.54. The van der Waals surface area contributed by atoms with Crippen molar-refractivity contribution >= 4 is 6.21 Å². The molecule has 0 bridgehead atoms. The lowest BCUT2D eigenvalue weighted by molar-refractivity contribution is 0.215. The summed E-state index contributed by atoms with van der Waals surface area (Å²) in [6.45, 7) is 0.561. The van der Waals surface area contributed by atoms with Gasteiger partial charge in [-0.1, -0.05) is 47.6 Å². The Kier molecular flexibility index (Phi) is 4.36. The molecule has 2 aromatic rings. The maximum Gasteiger partial charge on any atom is 0.120 e. The van der Waals surface area contributed by atoms with Crippen molar-refractivity contribution in [2.75, 3.05) is 7.11 Å². The molecular formula is C15H15NO2. The molecule has 0 amide bonds. The normalized spacial score (nSPS) is 10.5. The Bertz CT molecular complexity index is 509. The average Bonchev–Trinajstić information content (AvgIpc) is 2.44. The van der Waals surface area contributed by atoms with Gasteiger partial charge in [0, 0.05) is 0 Å². The second kappa shape index (κ2) is 6.45. The third-order valence-electron chi connectivity index (χ3n) is 2.41. The summed E-state index contributed by atoms with van der Waals surface area (Å²) in [5, 5.41) is 3.72. The van der Waals surface area contributed by atoms with Crippen LogP contribution >= 0.6 is 0 Å². The van der Waals surface area contributed by atoms with Gasteiger partial charge in [-0.15, -0.1) is 0 Å². The van der Waals surface area contributed by atoms with Gasteiger partial charge in [0.25, 0.3) is 0 Å². The summed E-state index contributed by atoms with van der Waals surface area (Å²) >= 11 is 0. The summed E-state index contributed by atoms with van der Waals surface area (Å²) < 4.78 is 5.71. The fourth-order valence-corrected chi connectivity index (χ4v) is 1.54. The standard InChI is InChI=1S/C15H15NO2/c1-17-16-11-14-8-5-9-15(10-14)18-12-13-6-3-2-4-7-13/h2-11H,12H2,1H3. The van der Waals surface area contributed by atoms with Gasteiger partial charge in [-0.3, -0.25) is 0 Å². The van der Waals surface area contributed by atoms with Gasteiger partial charge in [-0.05, 0) is 23.3 Å². The van der Waals surface area contributed by atoms with Crippen LogP contribution in [0.5, 0.6) is 5.75 Å². The Hall–Kier alpha value is -2.29. The summed E-state index contributed by atoms with van der Waals surface area (Å²) in [6.07, 6.45) is 1.65. The molecule has 0 heterocycles. The van der Waals surface area contributed by atoms with Crippen LogP contribution in [0.1, 0.15) is 11.1 Å². The predicted molar refractivity (Wildman–Crippen MR) is 71.8 cm³/mol. The zero-order valence-electron chi connectivity index (χ0n) is 10.2. The van der Waals surface area contributed by atoms with E-state index in [0.717, 1.165) is 16.9 Å². The molecule has 0 fully saturated rings. The SMILES string of the molecule is CON=Cc1cccc(OCc2ccccc2)c1. The molecule has 0 aliphatic carbocycles. The summed E-state index contributed by atoms with van der Waals surface area (Å²) in [6, 6.07) is 17.8. The fraction of sp³-hybridized carbons (Fsp3) is 0.133. The highest BCUT2D eigenvalue weighted by atomic mass is 16.6. The maximum atomic E-state index is 5.71. The predicted octanol–water partition coefficient (Wildman–Crippen LogP) is 3.25. The van der Waals surface area contributed by atoms with E-state index in [9.17, 15) is 0 Å². The molecule has 2 rings (SSSR count). The Morgan fingerprint density at radius 3 is 2.67 bits per heavy atom. The van der Waals surface area contributed by atoms with E-state index >= 15 is 0 Å². The van der Waals surface area contributed by atoms with Gasteiger partial charge >= 0.3 is 0 Å². The smallest absolute Gasteiger partial charge is 0.120 e. The van der Waals surface area contributed by atoms with Gasteiger partial charge in [0.2, 0.25) is 0 Å². The van der Waals surface area contributed by atoms with Gasteiger partial charge in [-0.2, -0.15) is 0 Å². The van der Waals surface area contributed by atoms with Crippen LogP contribution in [0.25, 0.3) is 0 Å². The monoisotopic (exact) mass is 241 g/mol. The van der Waals surface area contributed by atoms with Crippen LogP contribution < -0.4 is 4.74 Å². The first kappa shape index (κ1) is 12.2. The molecule has 0 aromatic heterocycles. The van der Waals surface area contributed by atoms with Crippen LogP contribution in [0.3, 0.4) is 0 Å². The molecule has 18 heavy (non-hydrogen) atoms. The van der Waals surface area contributed by atoms with Crippen LogP contribution in [-0.2, 0) is 11.4 Å². The van der Waals surface area contributed by atoms with E-state index in [2.05, 4.69) is 9.99 Å². The minimum Gasteiger partial charge on any atom is -0.489 e. The number of hydrogen-bond acceptors (Lipinski definition) is 3. The van der Waals surface area contributed by atoms with E-state index in [-0.39, 0.29) is 0 Å². The number of hydrogen-bond donors (Lipinski definition) is 0. The van der Waals surface area contributed by atoms with Crippen LogP contribution in [-0.4, -0.2) is 13.3 Å². The van der Waals surface area contributed by atoms with Crippen LogP contribution in [0, 0.1) is 0 Å². The van der Waals surface area contributed by atoms with Gasteiger partial charge in [0.05, 0.1) is 6.21 Å². The molecule has 2 aromatic carbocycles. The largest absolute Gasteiger partial charge is 0.489 e. The van der Waals surface area contributed by atoms with Crippen LogP contribution in [0.4, 0.5) is 0 Å². The van der Waals surface area contributed by atoms with E-state index in [4.69, 9.17) is 4.74 Å². The topological polar surface area (TPSA) is 30.8 Å². The summed E-state index contributed by atoms with van der Waals surface area (Å²) in [5.74, 6) is 0.818. The van der Waals surface area contributed by atoms with E-state index in [0.29, 0.717) is 6.61 Å². The van der Waals surface area contributed by atoms with Crippen molar-refractivity contribution in [2.24, 2.45) is 5.16 Å². The third-order valence-corrected chi connectivity index (χ3v) is 2.41. The Morgan fingerprint density at radius 2 is 1.89 bits per heavy atom. The molecule has 0 spiro atoms. The van der Waals surface area contributed by atoms with E-state index in [1.165, 1.54) is 7.11 Å². The average molecular weight is 241 g/mol. The number of rotatable bonds is 5. The number of benzene rings is 2. The molecular weight excluding hydrogens is 226 g/mol. The number of nitrogens with zero attached hydrogens (tertiary/aromatic N) is 1. The van der Waals surface area contributed by atoms with Crippen molar-refractivity contribution in [3.8, 4) is 5.75 Å². The molecule has 3 heteroatoms. The van der Waals surface area contributed by atoms with Crippen LogP contribution in [0.2, 0.25) is 0 Å². The second-order valence-corrected chi connectivity index (χ2v) is 3.76. The first-order valence-corrected chi connectivity index (χ1v) is 5.72. The highest BCUT2D eigenvalue weighted by molar-refractivity contribution is 5.79. The molecule has 0 aliphatic rings. The van der Waals surface area contributed by atoms with Gasteiger partial charge in [-0.25, -0.2) is 0 Å². The highest BCUT2D eigenvalue weighted by Crippen LogP contribution is 2.14. The summed E-state index contributed by atoms with van der Waals surface area (Å²) in [5.41, 5.74) is 2.09. The van der Waals surface area contributed by atoms with Gasteiger partial charge in [0.1, 0.15) is 19.5 Å². The Morgan fingerprint density at radius 1 is 1.06 bits per heavy atom. The first-order valence-electron chi connectivity index (χ1n) is 5.72. The molecule has 0 radical (unpaired) electrons. The molecule has 0 aliphatic heterocycles. The van der Waals surface area contributed by atoms with Crippen molar-refractivity contribution in [1.29, 1.82) is 0 Å². The van der Waals surface area contributed by atoms with Crippen LogP contribution in [0.15, 0.2) is 59.8 Å². The molecule has 0 atom stereocenters. The molecule has 0 saturated heterocycles. The minimum absolute atomic E-state index is 0.561. The zero-order chi connectivity index (χ0) is 12.6. The van der Waals surface area contributed by atoms with Crippen molar-refractivity contribution in [1.82, 2.24) is 0 Å². The summed E-state index contributed by atoms with van der Waals surface area (Å²) in [4.78, 5) is 4.64. The molecule has 0 N–H and O–H groups in total. The second-order valence-electron chi connectivity index (χ2n) is 3.76. The van der Waals surface area contributed by atoms with Gasteiger partial charge < -0.3 is 9.57 Å². The molecule has 92 valence electrons. The lowest BCUT2D eigenvalue weighted by atomic mass is 10.2. The Labute approximate surface area is 107 Å². The first-order chi connectivity index (χ1) is 8.88. The zero-order valence-corrected chi connectivity index (χ0v) is 10.2. The highest BCUT2D eigenvalue weighted by Gasteiger charge is 1.96. The minimum atomic E-state index is 0.561. The van der Waals surface area contributed by atoms with Crippen molar-refractivity contribution in [3.63, 3.8) is 0 Å². The maximum absolute atomic E-state index is 5.71. The van der Waals surface area contributed by atoms with Crippen molar-refractivity contribution < 1.29 is 9.57 Å². The van der Waals surface area contributed by atoms with Crippen molar-refractivity contribution in [3.05, 3.63) is 65.7 Å². The number of ether oxygens (including phenoxy) is 1. The van der Waals surface area contributed by atoms with Gasteiger partial charge in [0.15, 0.2) is 0 Å². The lowest BCUT2D eigenvalue weighted by Crippen LogP contribution is -1.95. The summed E-state index contributed by atoms with van der Waals surface area (Å²) in [7, 11) is 1.52. The van der Waals surface area contributed by atoms with E-state index in [1.807, 2.05) is 54.6 Å². The third kappa shape index (κ3) is 3.63. The van der Waals surface area contributed by atoms with Crippen molar-refractivity contribution in [2.45, 2.75) is 6.61 Å². The molecule has 0 unspecified atom stereocenters. The van der Waals surface area contributed by atoms with E-state index < -0.39 is 0 Å². The van der Waals surface area contributed by atoms with E-state index in [1.54, 1.807) is 6.21 Å².